The third-order valence-electron chi connectivity index (χ3n) is 7.77. The van der Waals surface area contributed by atoms with Crippen molar-refractivity contribution in [2.24, 2.45) is 9.98 Å². The molecule has 0 amide bonds. The van der Waals surface area contributed by atoms with Crippen LogP contribution in [0.5, 0.6) is 5.75 Å². The number of nitrogens with one attached hydrogen (secondary N) is 1. The summed E-state index contributed by atoms with van der Waals surface area (Å²) in [6, 6.07) is 33.0. The second kappa shape index (κ2) is 10.3. The normalized spacial score (nSPS) is 16.3. The van der Waals surface area contributed by atoms with Gasteiger partial charge in [0.2, 0.25) is 0 Å². The highest BCUT2D eigenvalue weighted by atomic mass is 16.5. The summed E-state index contributed by atoms with van der Waals surface area (Å²) >= 11 is 0. The fourth-order valence-corrected chi connectivity index (χ4v) is 5.86. The Hall–Kier alpha value is -5.17. The van der Waals surface area contributed by atoms with Gasteiger partial charge in [-0.05, 0) is 81.3 Å². The third-order valence-corrected chi connectivity index (χ3v) is 7.77. The summed E-state index contributed by atoms with van der Waals surface area (Å²) < 4.78 is 7.74. The monoisotopic (exact) mass is 552 g/mol. The van der Waals surface area contributed by atoms with E-state index < -0.39 is 0 Å². The Kier molecular flexibility index (Phi) is 6.35. The van der Waals surface area contributed by atoms with E-state index in [0.29, 0.717) is 12.4 Å². The van der Waals surface area contributed by atoms with Crippen LogP contribution >= 0.6 is 0 Å². The summed E-state index contributed by atoms with van der Waals surface area (Å²) in [4.78, 5) is 12.8. The molecule has 0 saturated heterocycles. The summed E-state index contributed by atoms with van der Waals surface area (Å²) in [7, 11) is 0. The molecule has 2 aliphatic rings. The van der Waals surface area contributed by atoms with Crippen LogP contribution in [0.25, 0.3) is 5.69 Å². The zero-order valence-electron chi connectivity index (χ0n) is 24.2. The molecule has 0 bridgehead atoms. The highest BCUT2D eigenvalue weighted by molar-refractivity contribution is 6.52. The lowest BCUT2D eigenvalue weighted by molar-refractivity contribution is 0.340. The molecular formula is C35H32N6O. The van der Waals surface area contributed by atoms with E-state index in [1.165, 1.54) is 5.56 Å². The maximum absolute atomic E-state index is 5.79. The van der Waals surface area contributed by atoms with Crippen molar-refractivity contribution in [2.45, 2.75) is 33.7 Å². The lowest BCUT2D eigenvalue weighted by Crippen LogP contribution is -2.48. The molecule has 0 spiro atoms. The van der Waals surface area contributed by atoms with Gasteiger partial charge in [-0.3, -0.25) is 0 Å². The molecule has 42 heavy (non-hydrogen) atoms. The number of amidine groups is 2. The van der Waals surface area contributed by atoms with Crippen molar-refractivity contribution in [2.75, 3.05) is 16.8 Å². The van der Waals surface area contributed by atoms with Crippen molar-refractivity contribution >= 4 is 34.6 Å². The minimum absolute atomic E-state index is 0.187. The predicted octanol–water partition coefficient (Wildman–Crippen LogP) is 7.99. The van der Waals surface area contributed by atoms with Crippen molar-refractivity contribution in [3.05, 3.63) is 125 Å². The Bertz CT molecular complexity index is 1850. The molecule has 7 heteroatoms. The number of nitrogens with zero attached hydrogens (tertiary/aromatic N) is 5. The molecule has 3 heterocycles. The van der Waals surface area contributed by atoms with Gasteiger partial charge < -0.3 is 15.0 Å². The van der Waals surface area contributed by atoms with E-state index >= 15 is 0 Å². The Morgan fingerprint density at radius 3 is 2.40 bits per heavy atom. The maximum Gasteiger partial charge on any atom is 0.179 e. The number of para-hydroxylation sites is 3. The van der Waals surface area contributed by atoms with Gasteiger partial charge in [0.1, 0.15) is 5.75 Å². The highest BCUT2D eigenvalue weighted by Crippen LogP contribution is 2.48. The van der Waals surface area contributed by atoms with E-state index in [9.17, 15) is 0 Å². The van der Waals surface area contributed by atoms with Gasteiger partial charge in [-0.1, -0.05) is 60.2 Å². The molecule has 1 N–H and O–H groups in total. The average molecular weight is 553 g/mol. The van der Waals surface area contributed by atoms with E-state index in [1.54, 1.807) is 0 Å². The molecule has 2 aliphatic heterocycles. The molecule has 7 nitrogen and oxygen atoms in total. The molecule has 0 saturated carbocycles. The van der Waals surface area contributed by atoms with E-state index in [1.807, 2.05) is 48.0 Å². The molecule has 4 aromatic carbocycles. The van der Waals surface area contributed by atoms with Crippen molar-refractivity contribution < 1.29 is 4.74 Å². The van der Waals surface area contributed by atoms with Crippen LogP contribution in [0.1, 0.15) is 40.9 Å². The number of fused-ring (bicyclic) bond motifs is 4. The minimum Gasteiger partial charge on any atom is -0.494 e. The lowest BCUT2D eigenvalue weighted by atomic mass is 9.93. The lowest BCUT2D eigenvalue weighted by Gasteiger charge is -2.42. The Morgan fingerprint density at radius 2 is 1.64 bits per heavy atom. The molecular weight excluding hydrogens is 520 g/mol. The first kappa shape index (κ1) is 25.8. The van der Waals surface area contributed by atoms with Crippen LogP contribution in [0, 0.1) is 20.8 Å². The van der Waals surface area contributed by atoms with Crippen molar-refractivity contribution in [1.82, 2.24) is 9.78 Å². The first-order chi connectivity index (χ1) is 20.5. The van der Waals surface area contributed by atoms with Crippen LogP contribution in [0.4, 0.5) is 22.9 Å². The van der Waals surface area contributed by atoms with Crippen LogP contribution in [0.2, 0.25) is 0 Å². The van der Waals surface area contributed by atoms with Gasteiger partial charge >= 0.3 is 0 Å². The second-order valence-corrected chi connectivity index (χ2v) is 10.7. The number of rotatable bonds is 5. The molecule has 0 unspecified atom stereocenters. The van der Waals surface area contributed by atoms with Crippen molar-refractivity contribution in [3.63, 3.8) is 0 Å². The second-order valence-electron chi connectivity index (χ2n) is 10.7. The van der Waals surface area contributed by atoms with Crippen molar-refractivity contribution in [3.8, 4) is 11.4 Å². The number of benzene rings is 4. The van der Waals surface area contributed by atoms with Crippen LogP contribution in [-0.4, -0.2) is 28.1 Å². The summed E-state index contributed by atoms with van der Waals surface area (Å²) in [5.41, 5.74) is 9.31. The van der Waals surface area contributed by atoms with E-state index in [0.717, 1.165) is 62.5 Å². The van der Waals surface area contributed by atoms with Gasteiger partial charge in [-0.2, -0.15) is 5.10 Å². The summed E-state index contributed by atoms with van der Waals surface area (Å²) in [5.74, 6) is 3.09. The summed E-state index contributed by atoms with van der Waals surface area (Å²) in [5, 5.41) is 8.64. The van der Waals surface area contributed by atoms with Gasteiger partial charge in [0, 0.05) is 5.56 Å². The molecule has 5 aromatic rings. The topological polar surface area (TPSA) is 67.0 Å². The number of anilines is 2. The Morgan fingerprint density at radius 1 is 0.881 bits per heavy atom. The van der Waals surface area contributed by atoms with E-state index in [4.69, 9.17) is 19.8 Å². The fraction of sp³-hybridized carbons (Fsp3) is 0.171. The Balaban J connectivity index is 1.50. The largest absolute Gasteiger partial charge is 0.494 e. The highest BCUT2D eigenvalue weighted by Gasteiger charge is 2.41. The quantitative estimate of drug-likeness (QED) is 0.240. The fourth-order valence-electron chi connectivity index (χ4n) is 5.86. The SMILES string of the molecule is CCOc1ccc([C@@H]2c3c(C)nn(-c4ccccc4)c3N=C3C(=Nc4ccc(C)cc4C)Nc4ccccc4N32)cc1. The number of aliphatic imine (C=N–C) groups is 2. The molecule has 0 aliphatic carbocycles. The molecule has 1 atom stereocenters. The smallest absolute Gasteiger partial charge is 0.179 e. The number of aryl methyl sites for hydroxylation is 3. The molecule has 0 radical (unpaired) electrons. The third kappa shape index (κ3) is 4.34. The van der Waals surface area contributed by atoms with Crippen LogP contribution in [-0.2, 0) is 0 Å². The number of hydrogen-bond donors (Lipinski definition) is 1. The maximum atomic E-state index is 5.79. The van der Waals surface area contributed by atoms with Crippen molar-refractivity contribution in [1.29, 1.82) is 0 Å². The molecule has 1 aromatic heterocycles. The standard InChI is InChI=1S/C35H32N6O/c1-5-42-27-18-16-25(17-19-27)32-31-24(4)39-41(26-11-7-6-8-12-26)34(31)38-35-33(36-28-20-15-22(2)21-23(28)3)37-29-13-9-10-14-30(29)40(32)35/h6-21,32H,5H2,1-4H3,(H,36,37)/t32-/m1/s1. The van der Waals surface area contributed by atoms with Gasteiger partial charge in [-0.15, -0.1) is 0 Å². The first-order valence-electron chi connectivity index (χ1n) is 14.3. The minimum atomic E-state index is -0.187. The van der Waals surface area contributed by atoms with Crippen LogP contribution in [0.3, 0.4) is 0 Å². The molecule has 0 fully saturated rings. The van der Waals surface area contributed by atoms with E-state index in [2.05, 4.69) is 91.7 Å². The number of hydrogen-bond acceptors (Lipinski definition) is 5. The molecule has 208 valence electrons. The number of ether oxygens (including phenoxy) is 1. The van der Waals surface area contributed by atoms with E-state index in [-0.39, 0.29) is 6.04 Å². The zero-order valence-corrected chi connectivity index (χ0v) is 24.2. The average Bonchev–Trinajstić information content (AvgIpc) is 3.34. The first-order valence-corrected chi connectivity index (χ1v) is 14.3. The summed E-state index contributed by atoms with van der Waals surface area (Å²) in [6.45, 7) is 8.88. The van der Waals surface area contributed by atoms with Gasteiger partial charge in [-0.25, -0.2) is 14.7 Å². The zero-order chi connectivity index (χ0) is 28.8. The Labute approximate surface area is 245 Å². The van der Waals surface area contributed by atoms with Gasteiger partial charge in [0.25, 0.3) is 0 Å². The molecule has 7 rings (SSSR count). The van der Waals surface area contributed by atoms with Crippen LogP contribution in [0.15, 0.2) is 107 Å². The van der Waals surface area contributed by atoms with Gasteiger partial charge in [0.05, 0.1) is 41.1 Å². The number of aromatic nitrogens is 2. The summed E-state index contributed by atoms with van der Waals surface area (Å²) in [6.07, 6.45) is 0. The van der Waals surface area contributed by atoms with Crippen LogP contribution < -0.4 is 15.0 Å². The van der Waals surface area contributed by atoms with Gasteiger partial charge in [0.15, 0.2) is 17.5 Å². The predicted molar refractivity (Wildman–Crippen MR) is 170 cm³/mol.